The highest BCUT2D eigenvalue weighted by atomic mass is 79.9. The Morgan fingerprint density at radius 3 is 3.00 bits per heavy atom. The molecule has 0 aliphatic carbocycles. The number of benzene rings is 1. The number of aryl methyl sites for hydroxylation is 1. The van der Waals surface area contributed by atoms with Crippen molar-refractivity contribution in [2.24, 2.45) is 0 Å². The van der Waals surface area contributed by atoms with Crippen LogP contribution in [0.4, 0.5) is 5.69 Å². The van der Waals surface area contributed by atoms with Gasteiger partial charge in [0.2, 0.25) is 0 Å². The van der Waals surface area contributed by atoms with E-state index in [0.717, 1.165) is 23.9 Å². The Hall–Kier alpha value is -0.760. The first-order valence-corrected chi connectivity index (χ1v) is 5.64. The average Bonchev–Trinajstić information content (AvgIpc) is 2.18. The summed E-state index contributed by atoms with van der Waals surface area (Å²) in [5.41, 5.74) is 2.45. The molecule has 2 heteroatoms. The van der Waals surface area contributed by atoms with Crippen molar-refractivity contribution >= 4 is 21.6 Å². The number of nitrogens with one attached hydrogen (secondary N) is 1. The summed E-state index contributed by atoms with van der Waals surface area (Å²) >= 11 is 3.52. The second-order valence-corrected chi connectivity index (χ2v) is 4.20. The summed E-state index contributed by atoms with van der Waals surface area (Å²) < 4.78 is 1.13. The summed E-state index contributed by atoms with van der Waals surface area (Å²) in [5, 5.41) is 3.39. The van der Waals surface area contributed by atoms with Crippen molar-refractivity contribution in [1.29, 1.82) is 0 Å². The Kier molecular flexibility index (Phi) is 4.74. The predicted molar refractivity (Wildman–Crippen MR) is 66.8 cm³/mol. The van der Waals surface area contributed by atoms with Crippen LogP contribution in [-0.2, 0) is 0 Å². The maximum Gasteiger partial charge on any atom is 0.0487 e. The van der Waals surface area contributed by atoms with Gasteiger partial charge < -0.3 is 5.32 Å². The topological polar surface area (TPSA) is 12.0 Å². The quantitative estimate of drug-likeness (QED) is 0.615. The summed E-state index contributed by atoms with van der Waals surface area (Å²) in [5.74, 6) is 0. The Labute approximate surface area is 94.3 Å². The number of rotatable bonds is 5. The van der Waals surface area contributed by atoms with Gasteiger partial charge in [-0.05, 0) is 53.4 Å². The first kappa shape index (κ1) is 11.3. The minimum absolute atomic E-state index is 0.994. The number of anilines is 1. The van der Waals surface area contributed by atoms with Gasteiger partial charge in [0.15, 0.2) is 0 Å². The van der Waals surface area contributed by atoms with E-state index in [4.69, 9.17) is 0 Å². The summed E-state index contributed by atoms with van der Waals surface area (Å²) in [7, 11) is 0. The largest absolute Gasteiger partial charge is 0.384 e. The third kappa shape index (κ3) is 3.54. The Morgan fingerprint density at radius 2 is 2.29 bits per heavy atom. The molecule has 1 aromatic rings. The fraction of sp³-hybridized carbons (Fsp3) is 0.333. The van der Waals surface area contributed by atoms with Crippen LogP contribution < -0.4 is 5.32 Å². The maximum absolute atomic E-state index is 3.70. The molecule has 0 spiro atoms. The Morgan fingerprint density at radius 1 is 1.50 bits per heavy atom. The van der Waals surface area contributed by atoms with Crippen LogP contribution in [0.1, 0.15) is 18.4 Å². The van der Waals surface area contributed by atoms with Crippen LogP contribution in [0, 0.1) is 6.92 Å². The zero-order valence-electron chi connectivity index (χ0n) is 8.52. The first-order valence-electron chi connectivity index (χ1n) is 4.85. The molecule has 0 heterocycles. The van der Waals surface area contributed by atoms with Crippen molar-refractivity contribution in [1.82, 2.24) is 0 Å². The molecule has 0 fully saturated rings. The standard InChI is InChI=1S/C12H16BrN/c1-3-4-5-8-14-12-9-10(2)6-7-11(12)13/h3,6-7,9,14H,1,4-5,8H2,2H3. The van der Waals surface area contributed by atoms with Crippen molar-refractivity contribution in [2.75, 3.05) is 11.9 Å². The molecule has 0 aliphatic rings. The summed E-state index contributed by atoms with van der Waals surface area (Å²) in [6.07, 6.45) is 4.15. The fourth-order valence-electron chi connectivity index (χ4n) is 1.24. The van der Waals surface area contributed by atoms with Crippen LogP contribution in [0.3, 0.4) is 0 Å². The molecule has 14 heavy (non-hydrogen) atoms. The van der Waals surface area contributed by atoms with Gasteiger partial charge in [-0.3, -0.25) is 0 Å². The molecule has 0 unspecified atom stereocenters. The molecule has 76 valence electrons. The highest BCUT2D eigenvalue weighted by Crippen LogP contribution is 2.23. The Bertz CT molecular complexity index is 307. The van der Waals surface area contributed by atoms with Gasteiger partial charge in [-0.1, -0.05) is 12.1 Å². The van der Waals surface area contributed by atoms with E-state index < -0.39 is 0 Å². The van der Waals surface area contributed by atoms with E-state index in [1.54, 1.807) is 0 Å². The van der Waals surface area contributed by atoms with E-state index in [2.05, 4.69) is 52.9 Å². The van der Waals surface area contributed by atoms with Gasteiger partial charge in [0.25, 0.3) is 0 Å². The summed E-state index contributed by atoms with van der Waals surface area (Å²) in [4.78, 5) is 0. The molecule has 0 atom stereocenters. The monoisotopic (exact) mass is 253 g/mol. The number of halogens is 1. The molecule has 0 radical (unpaired) electrons. The van der Waals surface area contributed by atoms with Crippen LogP contribution in [-0.4, -0.2) is 6.54 Å². The van der Waals surface area contributed by atoms with Crippen LogP contribution in [0.5, 0.6) is 0 Å². The average molecular weight is 254 g/mol. The van der Waals surface area contributed by atoms with Crippen molar-refractivity contribution in [2.45, 2.75) is 19.8 Å². The van der Waals surface area contributed by atoms with Crippen LogP contribution in [0.2, 0.25) is 0 Å². The predicted octanol–water partition coefficient (Wildman–Crippen LogP) is 4.14. The number of allylic oxidation sites excluding steroid dienone is 1. The fourth-order valence-corrected chi connectivity index (χ4v) is 1.63. The molecule has 0 saturated heterocycles. The molecular weight excluding hydrogens is 238 g/mol. The minimum atomic E-state index is 0.994. The number of unbranched alkanes of at least 4 members (excludes halogenated alkanes) is 1. The zero-order chi connectivity index (χ0) is 10.4. The molecular formula is C12H16BrN. The molecule has 1 nitrogen and oxygen atoms in total. The van der Waals surface area contributed by atoms with E-state index in [1.165, 1.54) is 11.3 Å². The highest BCUT2D eigenvalue weighted by molar-refractivity contribution is 9.10. The van der Waals surface area contributed by atoms with Gasteiger partial charge in [-0.2, -0.15) is 0 Å². The molecule has 0 aromatic heterocycles. The molecule has 1 N–H and O–H groups in total. The van der Waals surface area contributed by atoms with Crippen molar-refractivity contribution in [3.8, 4) is 0 Å². The molecule has 1 aromatic carbocycles. The number of hydrogen-bond acceptors (Lipinski definition) is 1. The third-order valence-corrected chi connectivity index (χ3v) is 2.71. The van der Waals surface area contributed by atoms with Gasteiger partial charge in [0.05, 0.1) is 0 Å². The Balaban J connectivity index is 2.49. The molecule has 1 rings (SSSR count). The zero-order valence-corrected chi connectivity index (χ0v) is 10.1. The lowest BCUT2D eigenvalue weighted by atomic mass is 10.2. The molecule has 0 bridgehead atoms. The van der Waals surface area contributed by atoms with Crippen molar-refractivity contribution in [3.63, 3.8) is 0 Å². The van der Waals surface area contributed by atoms with E-state index >= 15 is 0 Å². The molecule has 0 saturated carbocycles. The van der Waals surface area contributed by atoms with Crippen molar-refractivity contribution < 1.29 is 0 Å². The second-order valence-electron chi connectivity index (χ2n) is 3.34. The lowest BCUT2D eigenvalue weighted by Gasteiger charge is -2.08. The van der Waals surface area contributed by atoms with Crippen LogP contribution >= 0.6 is 15.9 Å². The van der Waals surface area contributed by atoms with Crippen LogP contribution in [0.25, 0.3) is 0 Å². The second kappa shape index (κ2) is 5.86. The van der Waals surface area contributed by atoms with Gasteiger partial charge in [0, 0.05) is 16.7 Å². The smallest absolute Gasteiger partial charge is 0.0487 e. The van der Waals surface area contributed by atoms with Gasteiger partial charge in [-0.15, -0.1) is 6.58 Å². The van der Waals surface area contributed by atoms with E-state index in [0.29, 0.717) is 0 Å². The SMILES string of the molecule is C=CCCCNc1cc(C)ccc1Br. The van der Waals surface area contributed by atoms with Gasteiger partial charge in [-0.25, -0.2) is 0 Å². The normalized spacial score (nSPS) is 9.86. The van der Waals surface area contributed by atoms with E-state index in [9.17, 15) is 0 Å². The summed E-state index contributed by atoms with van der Waals surface area (Å²) in [6.45, 7) is 6.79. The highest BCUT2D eigenvalue weighted by Gasteiger charge is 1.97. The van der Waals surface area contributed by atoms with E-state index in [1.807, 2.05) is 6.08 Å². The maximum atomic E-state index is 3.70. The third-order valence-electron chi connectivity index (χ3n) is 2.02. The summed E-state index contributed by atoms with van der Waals surface area (Å²) in [6, 6.07) is 6.32. The molecule has 0 aliphatic heterocycles. The van der Waals surface area contributed by atoms with Crippen LogP contribution in [0.15, 0.2) is 35.3 Å². The van der Waals surface area contributed by atoms with Gasteiger partial charge in [0.1, 0.15) is 0 Å². The van der Waals surface area contributed by atoms with Crippen molar-refractivity contribution in [3.05, 3.63) is 40.9 Å². The lowest BCUT2D eigenvalue weighted by molar-refractivity contribution is 0.890. The van der Waals surface area contributed by atoms with E-state index in [-0.39, 0.29) is 0 Å². The minimum Gasteiger partial charge on any atom is -0.384 e. The number of hydrogen-bond donors (Lipinski definition) is 1. The lowest BCUT2D eigenvalue weighted by Crippen LogP contribution is -2.01. The molecule has 0 amide bonds. The van der Waals surface area contributed by atoms with Gasteiger partial charge >= 0.3 is 0 Å². The first-order chi connectivity index (χ1) is 6.74.